The average Bonchev–Trinajstić information content (AvgIpc) is 3.36. The van der Waals surface area contributed by atoms with Crippen LogP contribution in [0.2, 0.25) is 0 Å². The van der Waals surface area contributed by atoms with Gasteiger partial charge in [-0.2, -0.15) is 5.10 Å². The fraction of sp³-hybridized carbons (Fsp3) is 0.200. The highest BCUT2D eigenvalue weighted by Gasteiger charge is 2.14. The third-order valence-corrected chi connectivity index (χ3v) is 4.27. The molecular formula is C20H21IN4O2. The summed E-state index contributed by atoms with van der Waals surface area (Å²) in [7, 11) is 0. The minimum atomic E-state index is 0. The summed E-state index contributed by atoms with van der Waals surface area (Å²) in [6, 6.07) is 16.2. The number of rotatable bonds is 4. The fourth-order valence-corrected chi connectivity index (χ4v) is 2.92. The molecule has 7 heteroatoms. The Morgan fingerprint density at radius 2 is 1.96 bits per heavy atom. The van der Waals surface area contributed by atoms with Crippen molar-refractivity contribution < 1.29 is 38.8 Å². The van der Waals surface area contributed by atoms with Crippen molar-refractivity contribution in [3.8, 4) is 11.5 Å². The Bertz CT molecular complexity index is 894. The molecule has 0 saturated heterocycles. The molecule has 4 rings (SSSR count). The molecule has 2 aliphatic heterocycles. The number of ether oxygens (including phenoxy) is 2. The van der Waals surface area contributed by atoms with Crippen LogP contribution in [-0.2, 0) is 0 Å². The molecule has 6 nitrogen and oxygen atoms in total. The van der Waals surface area contributed by atoms with E-state index in [-0.39, 0.29) is 30.8 Å². The second kappa shape index (κ2) is 9.01. The molecular weight excluding hydrogens is 455 g/mol. The van der Waals surface area contributed by atoms with Crippen molar-refractivity contribution in [2.24, 2.45) is 10.1 Å². The normalized spacial score (nSPS) is 16.0. The Hall–Kier alpha value is -2.39. The summed E-state index contributed by atoms with van der Waals surface area (Å²) in [5.74, 6) is 2.39. The van der Waals surface area contributed by atoms with E-state index in [1.807, 2.05) is 43.3 Å². The number of quaternary nitrogens is 1. The number of aliphatic imine (C=N–C) groups is 1. The molecule has 0 bridgehead atoms. The van der Waals surface area contributed by atoms with Gasteiger partial charge < -0.3 is 33.5 Å². The first kappa shape index (κ1) is 19.4. The lowest BCUT2D eigenvalue weighted by Gasteiger charge is -2.09. The number of hydrazone groups is 1. The van der Waals surface area contributed by atoms with Gasteiger partial charge in [-0.1, -0.05) is 36.4 Å². The third-order valence-electron chi connectivity index (χ3n) is 4.27. The average molecular weight is 476 g/mol. The number of nitrogens with one attached hydrogen (secondary N) is 1. The molecule has 140 valence electrons. The van der Waals surface area contributed by atoms with Gasteiger partial charge in [-0.3, -0.25) is 5.32 Å². The van der Waals surface area contributed by atoms with E-state index < -0.39 is 0 Å². The largest absolute Gasteiger partial charge is 1.00 e. The molecule has 0 amide bonds. The van der Waals surface area contributed by atoms with Crippen LogP contribution in [0.1, 0.15) is 18.1 Å². The molecule has 2 aromatic rings. The van der Waals surface area contributed by atoms with Crippen molar-refractivity contribution in [1.29, 1.82) is 0 Å². The topological polar surface area (TPSA) is 71.8 Å². The number of nitrogens with two attached hydrogens (primary N) is 1. The predicted octanol–water partition coefficient (Wildman–Crippen LogP) is -1.14. The SMILES string of the molecule is CC(=N\NC1=NCC[NH2+]1)/C(=C\c1ccc2c(c1)OCO2)c1ccccc1.[I-]. The van der Waals surface area contributed by atoms with E-state index in [2.05, 4.69) is 39.0 Å². The molecule has 0 aromatic heterocycles. The highest BCUT2D eigenvalue weighted by atomic mass is 127. The number of halogens is 1. The van der Waals surface area contributed by atoms with Crippen LogP contribution in [0.15, 0.2) is 58.6 Å². The highest BCUT2D eigenvalue weighted by molar-refractivity contribution is 6.27. The maximum atomic E-state index is 5.49. The van der Waals surface area contributed by atoms with Gasteiger partial charge in [0.15, 0.2) is 11.5 Å². The van der Waals surface area contributed by atoms with E-state index >= 15 is 0 Å². The van der Waals surface area contributed by atoms with Crippen LogP contribution in [-0.4, -0.2) is 31.6 Å². The van der Waals surface area contributed by atoms with Crippen LogP contribution < -0.4 is 44.2 Å². The quantitative estimate of drug-likeness (QED) is 0.254. The van der Waals surface area contributed by atoms with Gasteiger partial charge in [0.2, 0.25) is 6.79 Å². The van der Waals surface area contributed by atoms with Crippen molar-refractivity contribution in [1.82, 2.24) is 5.43 Å². The van der Waals surface area contributed by atoms with Gasteiger partial charge in [-0.15, -0.1) is 0 Å². The predicted molar refractivity (Wildman–Crippen MR) is 102 cm³/mol. The van der Waals surface area contributed by atoms with Crippen LogP contribution in [0, 0.1) is 0 Å². The smallest absolute Gasteiger partial charge is 0.315 e. The third kappa shape index (κ3) is 4.67. The summed E-state index contributed by atoms with van der Waals surface area (Å²) in [4.78, 5) is 4.36. The van der Waals surface area contributed by atoms with Gasteiger partial charge in [0.05, 0.1) is 12.3 Å². The molecule has 2 heterocycles. The van der Waals surface area contributed by atoms with Crippen molar-refractivity contribution in [2.45, 2.75) is 6.92 Å². The first-order valence-electron chi connectivity index (χ1n) is 8.65. The number of hydrogen-bond donors (Lipinski definition) is 2. The van der Waals surface area contributed by atoms with Gasteiger partial charge >= 0.3 is 5.96 Å². The number of hydrogen-bond acceptors (Lipinski definition) is 5. The Morgan fingerprint density at radius 3 is 2.74 bits per heavy atom. The minimum absolute atomic E-state index is 0. The van der Waals surface area contributed by atoms with E-state index in [9.17, 15) is 0 Å². The van der Waals surface area contributed by atoms with E-state index in [4.69, 9.17) is 9.47 Å². The highest BCUT2D eigenvalue weighted by Crippen LogP contribution is 2.33. The van der Waals surface area contributed by atoms with Gasteiger partial charge in [-0.25, -0.2) is 10.4 Å². The number of nitrogens with zero attached hydrogens (tertiary/aromatic N) is 2. The lowest BCUT2D eigenvalue weighted by molar-refractivity contribution is -0.531. The Balaban J connectivity index is 0.00000210. The molecule has 27 heavy (non-hydrogen) atoms. The van der Waals surface area contributed by atoms with E-state index in [1.54, 1.807) is 0 Å². The molecule has 2 aromatic carbocycles. The minimum Gasteiger partial charge on any atom is -1.00 e. The molecule has 0 spiro atoms. The van der Waals surface area contributed by atoms with E-state index in [1.165, 1.54) is 0 Å². The number of allylic oxidation sites excluding steroid dienone is 1. The lowest BCUT2D eigenvalue weighted by Crippen LogP contribution is -3.00. The van der Waals surface area contributed by atoms with Crippen LogP contribution >= 0.6 is 0 Å². The van der Waals surface area contributed by atoms with Gasteiger partial charge in [0.25, 0.3) is 0 Å². The van der Waals surface area contributed by atoms with Crippen LogP contribution in [0.5, 0.6) is 11.5 Å². The second-order valence-corrected chi connectivity index (χ2v) is 6.11. The first-order valence-corrected chi connectivity index (χ1v) is 8.65. The fourth-order valence-electron chi connectivity index (χ4n) is 2.92. The Labute approximate surface area is 175 Å². The lowest BCUT2D eigenvalue weighted by atomic mass is 9.99. The van der Waals surface area contributed by atoms with Crippen LogP contribution in [0.4, 0.5) is 0 Å². The van der Waals surface area contributed by atoms with Crippen LogP contribution in [0.3, 0.4) is 0 Å². The maximum Gasteiger partial charge on any atom is 0.315 e. The molecule has 0 saturated carbocycles. The summed E-state index contributed by atoms with van der Waals surface area (Å²) in [5.41, 5.74) is 7.12. The van der Waals surface area contributed by atoms with Crippen molar-refractivity contribution in [3.05, 3.63) is 59.7 Å². The molecule has 2 aliphatic rings. The molecule has 3 N–H and O–H groups in total. The number of benzene rings is 2. The number of guanidine groups is 1. The molecule has 0 radical (unpaired) electrons. The monoisotopic (exact) mass is 476 g/mol. The van der Waals surface area contributed by atoms with Gasteiger partial charge in [0.1, 0.15) is 6.54 Å². The summed E-state index contributed by atoms with van der Waals surface area (Å²) >= 11 is 0. The zero-order valence-electron chi connectivity index (χ0n) is 15.0. The Morgan fingerprint density at radius 1 is 1.15 bits per heavy atom. The molecule has 0 unspecified atom stereocenters. The van der Waals surface area contributed by atoms with Crippen molar-refractivity contribution >= 4 is 23.3 Å². The molecule has 0 atom stereocenters. The molecule has 0 fully saturated rings. The standard InChI is InChI=1S/C20H20N4O2.HI/c1-14(23-24-20-21-9-10-22-20)17(16-5-3-2-4-6-16)11-15-7-8-18-19(12-15)26-13-25-18;/h2-8,11-12H,9-10,13H2,1H3,(H2,21,22,24);1H/b17-11+,23-14+;. The van der Waals surface area contributed by atoms with Crippen molar-refractivity contribution in [2.75, 3.05) is 19.9 Å². The summed E-state index contributed by atoms with van der Waals surface area (Å²) < 4.78 is 10.9. The zero-order chi connectivity index (χ0) is 17.8. The van der Waals surface area contributed by atoms with Gasteiger partial charge in [0, 0.05) is 5.57 Å². The molecule has 0 aliphatic carbocycles. The van der Waals surface area contributed by atoms with Crippen molar-refractivity contribution in [3.63, 3.8) is 0 Å². The van der Waals surface area contributed by atoms with E-state index in [0.29, 0.717) is 0 Å². The summed E-state index contributed by atoms with van der Waals surface area (Å²) in [6.45, 7) is 4.07. The first-order chi connectivity index (χ1) is 12.8. The summed E-state index contributed by atoms with van der Waals surface area (Å²) in [6.07, 6.45) is 2.11. The summed E-state index contributed by atoms with van der Waals surface area (Å²) in [5, 5.41) is 6.59. The van der Waals surface area contributed by atoms with Gasteiger partial charge in [-0.05, 0) is 36.3 Å². The van der Waals surface area contributed by atoms with E-state index in [0.717, 1.165) is 53.0 Å². The maximum absolute atomic E-state index is 5.49. The van der Waals surface area contributed by atoms with Crippen LogP contribution in [0.25, 0.3) is 11.6 Å². The second-order valence-electron chi connectivity index (χ2n) is 6.11. The Kier molecular flexibility index (Phi) is 6.46. The zero-order valence-corrected chi connectivity index (χ0v) is 17.1. The number of fused-ring (bicyclic) bond motifs is 1.